The van der Waals surface area contributed by atoms with Gasteiger partial charge in [0.1, 0.15) is 12.3 Å². The number of ether oxygens (including phenoxy) is 1. The molecule has 2 aliphatic rings. The van der Waals surface area contributed by atoms with E-state index in [9.17, 15) is 9.59 Å². The highest BCUT2D eigenvalue weighted by Gasteiger charge is 2.29. The second-order valence-corrected chi connectivity index (χ2v) is 9.58. The molecule has 2 aromatic carbocycles. The Balaban J connectivity index is 1.14. The highest BCUT2D eigenvalue weighted by Crippen LogP contribution is 2.30. The third-order valence-electron chi connectivity index (χ3n) is 6.68. The first-order valence-electron chi connectivity index (χ1n) is 13.4. The van der Waals surface area contributed by atoms with Gasteiger partial charge in [-0.3, -0.25) is 14.9 Å². The molecule has 36 heavy (non-hydrogen) atoms. The van der Waals surface area contributed by atoms with Crippen molar-refractivity contribution in [1.29, 1.82) is 0 Å². The van der Waals surface area contributed by atoms with Crippen molar-refractivity contribution < 1.29 is 14.3 Å². The first kappa shape index (κ1) is 25.7. The molecule has 0 unspecified atom stereocenters. The van der Waals surface area contributed by atoms with Gasteiger partial charge >= 0.3 is 0 Å². The number of aliphatic imine (C=N–C) groups is 1. The van der Waals surface area contributed by atoms with E-state index in [2.05, 4.69) is 17.2 Å². The second-order valence-electron chi connectivity index (χ2n) is 9.58. The van der Waals surface area contributed by atoms with Crippen LogP contribution in [0.3, 0.4) is 0 Å². The molecule has 7 heteroatoms. The lowest BCUT2D eigenvalue weighted by Gasteiger charge is -2.23. The predicted molar refractivity (Wildman–Crippen MR) is 144 cm³/mol. The van der Waals surface area contributed by atoms with Gasteiger partial charge in [-0.25, -0.2) is 4.99 Å². The van der Waals surface area contributed by atoms with Gasteiger partial charge in [0.2, 0.25) is 17.8 Å². The molecule has 4 rings (SSSR count). The maximum absolute atomic E-state index is 13.0. The zero-order valence-corrected chi connectivity index (χ0v) is 21.4. The molecule has 192 valence electrons. The van der Waals surface area contributed by atoms with E-state index in [1.165, 1.54) is 19.3 Å². The van der Waals surface area contributed by atoms with Gasteiger partial charge in [-0.05, 0) is 49.6 Å². The summed E-state index contributed by atoms with van der Waals surface area (Å²) in [4.78, 5) is 33.0. The fourth-order valence-electron chi connectivity index (χ4n) is 4.69. The van der Waals surface area contributed by atoms with Crippen molar-refractivity contribution in [2.24, 2.45) is 4.99 Å². The number of nitrogens with one attached hydrogen (secondary N) is 1. The van der Waals surface area contributed by atoms with Crippen molar-refractivity contribution >= 4 is 29.1 Å². The van der Waals surface area contributed by atoms with Crippen LogP contribution in [0.1, 0.15) is 70.3 Å². The van der Waals surface area contributed by atoms with Crippen molar-refractivity contribution in [3.05, 3.63) is 54.1 Å². The number of amides is 2. The lowest BCUT2D eigenvalue weighted by Crippen LogP contribution is -2.31. The number of unbranched alkanes of at least 4 members (excludes halogenated alkanes) is 6. The Morgan fingerprint density at radius 1 is 1.00 bits per heavy atom. The van der Waals surface area contributed by atoms with Crippen molar-refractivity contribution in [2.75, 3.05) is 24.6 Å². The summed E-state index contributed by atoms with van der Waals surface area (Å²) < 4.78 is 5.97. The first-order valence-corrected chi connectivity index (χ1v) is 13.4. The van der Waals surface area contributed by atoms with Gasteiger partial charge < -0.3 is 14.5 Å². The molecule has 0 saturated carbocycles. The Kier molecular flexibility index (Phi) is 9.36. The van der Waals surface area contributed by atoms with E-state index in [4.69, 9.17) is 4.74 Å². The van der Waals surface area contributed by atoms with Gasteiger partial charge in [-0.2, -0.15) is 0 Å². The fraction of sp³-hybridized carbons (Fsp3) is 0.483. The molecule has 0 bridgehead atoms. The number of carbonyl (C=O) groups is 2. The van der Waals surface area contributed by atoms with E-state index >= 15 is 0 Å². The summed E-state index contributed by atoms with van der Waals surface area (Å²) in [7, 11) is 0. The van der Waals surface area contributed by atoms with E-state index < -0.39 is 0 Å². The summed E-state index contributed by atoms with van der Waals surface area (Å²) in [6.07, 6.45) is 9.14. The van der Waals surface area contributed by atoms with Gasteiger partial charge in [0.05, 0.1) is 12.3 Å². The van der Waals surface area contributed by atoms with Gasteiger partial charge in [0, 0.05) is 30.8 Å². The van der Waals surface area contributed by atoms with Crippen molar-refractivity contribution in [3.63, 3.8) is 0 Å². The average molecular weight is 491 g/mol. The third-order valence-corrected chi connectivity index (χ3v) is 6.68. The molecule has 1 saturated heterocycles. The Labute approximate surface area is 214 Å². The molecule has 1 N–H and O–H groups in total. The zero-order valence-electron chi connectivity index (χ0n) is 21.4. The van der Waals surface area contributed by atoms with Crippen LogP contribution in [-0.4, -0.2) is 42.4 Å². The maximum atomic E-state index is 13.0. The lowest BCUT2D eigenvalue weighted by molar-refractivity contribution is -0.119. The topological polar surface area (TPSA) is 74.2 Å². The number of para-hydroxylation sites is 1. The summed E-state index contributed by atoms with van der Waals surface area (Å²) in [5.74, 6) is 1.69. The Bertz CT molecular complexity index is 1050. The third kappa shape index (κ3) is 7.09. The Morgan fingerprint density at radius 3 is 2.64 bits per heavy atom. The minimum atomic E-state index is -0.0144. The number of fused-ring (bicyclic) bond motifs is 2. The van der Waals surface area contributed by atoms with Crippen molar-refractivity contribution in [3.8, 4) is 5.75 Å². The van der Waals surface area contributed by atoms with Crippen LogP contribution in [0.2, 0.25) is 0 Å². The van der Waals surface area contributed by atoms with Crippen LogP contribution < -0.4 is 15.0 Å². The van der Waals surface area contributed by atoms with E-state index in [1.54, 1.807) is 0 Å². The maximum Gasteiger partial charge on any atom is 0.246 e. The molecule has 2 aromatic rings. The van der Waals surface area contributed by atoms with E-state index in [0.717, 1.165) is 61.3 Å². The molecule has 0 aromatic heterocycles. The summed E-state index contributed by atoms with van der Waals surface area (Å²) in [6.45, 7) is 4.68. The highest BCUT2D eigenvalue weighted by molar-refractivity contribution is 6.05. The predicted octanol–water partition coefficient (Wildman–Crippen LogP) is 5.56. The van der Waals surface area contributed by atoms with E-state index in [-0.39, 0.29) is 11.8 Å². The average Bonchev–Trinajstić information content (AvgIpc) is 3.25. The van der Waals surface area contributed by atoms with Crippen LogP contribution in [0.15, 0.2) is 53.5 Å². The minimum absolute atomic E-state index is 0.0144. The van der Waals surface area contributed by atoms with E-state index in [0.29, 0.717) is 32.1 Å². The zero-order chi connectivity index (χ0) is 25.2. The molecule has 0 atom stereocenters. The highest BCUT2D eigenvalue weighted by atomic mass is 16.5. The molecule has 0 aliphatic carbocycles. The van der Waals surface area contributed by atoms with Gasteiger partial charge in [0.15, 0.2) is 0 Å². The number of nitrogens with zero attached hydrogens (tertiary/aromatic N) is 3. The Hall–Kier alpha value is -3.35. The molecular formula is C29H38N4O3. The monoisotopic (exact) mass is 490 g/mol. The van der Waals surface area contributed by atoms with Crippen LogP contribution in [0, 0.1) is 0 Å². The minimum Gasteiger partial charge on any atom is -0.494 e. The second kappa shape index (κ2) is 13.1. The molecule has 2 amide bonds. The molecule has 0 spiro atoms. The summed E-state index contributed by atoms with van der Waals surface area (Å²) in [6, 6.07) is 16.0. The van der Waals surface area contributed by atoms with Gasteiger partial charge in [-0.15, -0.1) is 0 Å². The van der Waals surface area contributed by atoms with E-state index in [1.807, 2.05) is 58.3 Å². The lowest BCUT2D eigenvalue weighted by atomic mass is 10.1. The normalized spacial score (nSPS) is 14.1. The van der Waals surface area contributed by atoms with Crippen molar-refractivity contribution in [1.82, 2.24) is 10.2 Å². The Morgan fingerprint density at radius 2 is 1.81 bits per heavy atom. The summed E-state index contributed by atoms with van der Waals surface area (Å²) in [5, 5.41) is 2.79. The summed E-state index contributed by atoms with van der Waals surface area (Å²) in [5.41, 5.74) is 2.96. The first-order chi connectivity index (χ1) is 17.6. The quantitative estimate of drug-likeness (QED) is 0.352. The molecule has 2 heterocycles. The molecule has 2 aliphatic heterocycles. The fourth-order valence-corrected chi connectivity index (χ4v) is 4.69. The SMILES string of the molecule is CCCCCCN(C(=O)CCCCCCOc1ccc2c(c1)CN1CC(=O)NC1=N2)c1ccccc1. The van der Waals surface area contributed by atoms with Crippen LogP contribution in [-0.2, 0) is 16.1 Å². The van der Waals surface area contributed by atoms with Crippen molar-refractivity contribution in [2.45, 2.75) is 71.3 Å². The van der Waals surface area contributed by atoms with Gasteiger partial charge in [0.25, 0.3) is 0 Å². The number of hydrogen-bond donors (Lipinski definition) is 1. The van der Waals surface area contributed by atoms with Crippen LogP contribution in [0.4, 0.5) is 11.4 Å². The smallest absolute Gasteiger partial charge is 0.246 e. The standard InChI is InChI=1S/C29H38N4O3/c1-2-3-4-11-18-33(24-13-8-7-9-14-24)28(35)15-10-5-6-12-19-36-25-16-17-26-23(20-25)21-32-22-27(34)31-29(32)30-26/h7-9,13-14,16-17,20H,2-6,10-12,15,18-19,21-22H2,1H3,(H,30,31,34). The largest absolute Gasteiger partial charge is 0.494 e. The number of rotatable bonds is 14. The number of hydrogen-bond acceptors (Lipinski definition) is 5. The van der Waals surface area contributed by atoms with Gasteiger partial charge in [-0.1, -0.05) is 57.2 Å². The number of anilines is 1. The van der Waals surface area contributed by atoms with Crippen LogP contribution in [0.25, 0.3) is 0 Å². The number of guanidine groups is 1. The number of benzene rings is 2. The van der Waals surface area contributed by atoms with Crippen LogP contribution >= 0.6 is 0 Å². The van der Waals surface area contributed by atoms with Crippen LogP contribution in [0.5, 0.6) is 5.75 Å². The summed E-state index contributed by atoms with van der Waals surface area (Å²) >= 11 is 0. The number of carbonyl (C=O) groups excluding carboxylic acids is 2. The molecule has 7 nitrogen and oxygen atoms in total. The molecule has 1 fully saturated rings. The molecular weight excluding hydrogens is 452 g/mol. The molecule has 0 radical (unpaired) electrons.